The van der Waals surface area contributed by atoms with Crippen LogP contribution in [0.5, 0.6) is 0 Å². The molecular formula is C18H28N2O. The predicted octanol–water partition coefficient (Wildman–Crippen LogP) is 4.21. The maximum atomic E-state index is 12.0. The molecule has 0 aromatic heterocycles. The van der Waals surface area contributed by atoms with Crippen LogP contribution in [-0.4, -0.2) is 19.0 Å². The van der Waals surface area contributed by atoms with Crippen LogP contribution in [0.15, 0.2) is 24.3 Å². The third-order valence-electron chi connectivity index (χ3n) is 4.23. The lowest BCUT2D eigenvalue weighted by Gasteiger charge is -2.16. The number of nitrogens with one attached hydrogen (secondary N) is 2. The van der Waals surface area contributed by atoms with Crippen molar-refractivity contribution in [2.24, 2.45) is 5.92 Å². The van der Waals surface area contributed by atoms with E-state index in [4.69, 9.17) is 0 Å². The molecule has 3 nitrogen and oxygen atoms in total. The Morgan fingerprint density at radius 3 is 2.67 bits per heavy atom. The molecule has 1 aliphatic carbocycles. The van der Waals surface area contributed by atoms with Crippen LogP contribution in [0.4, 0.5) is 5.69 Å². The van der Waals surface area contributed by atoms with Crippen molar-refractivity contribution in [1.29, 1.82) is 0 Å². The number of amides is 1. The third kappa shape index (κ3) is 5.41. The number of hydrogen-bond acceptors (Lipinski definition) is 2. The molecule has 1 amide bonds. The molecule has 1 fully saturated rings. The first-order valence-corrected chi connectivity index (χ1v) is 8.41. The van der Waals surface area contributed by atoms with E-state index in [1.54, 1.807) is 0 Å². The molecule has 2 rings (SSSR count). The normalized spacial score (nSPS) is 16.2. The molecule has 1 saturated carbocycles. The molecule has 3 heteroatoms. The molecule has 0 heterocycles. The molecule has 1 aliphatic rings. The number of carbonyl (C=O) groups excluding carboxylic acids is 1. The average molecular weight is 288 g/mol. The summed E-state index contributed by atoms with van der Waals surface area (Å²) in [6, 6.07) is 7.84. The highest BCUT2D eigenvalue weighted by Crippen LogP contribution is 2.23. The maximum Gasteiger partial charge on any atom is 0.251 e. The van der Waals surface area contributed by atoms with E-state index in [2.05, 4.69) is 17.6 Å². The second-order valence-corrected chi connectivity index (χ2v) is 6.08. The fraction of sp³-hybridized carbons (Fsp3) is 0.611. The van der Waals surface area contributed by atoms with Gasteiger partial charge >= 0.3 is 0 Å². The largest absolute Gasteiger partial charge is 0.385 e. The zero-order valence-electron chi connectivity index (χ0n) is 13.2. The summed E-state index contributed by atoms with van der Waals surface area (Å²) in [4.78, 5) is 12.0. The molecule has 0 radical (unpaired) electrons. The summed E-state index contributed by atoms with van der Waals surface area (Å²) in [7, 11) is 0. The molecule has 1 aromatic carbocycles. The number of anilines is 1. The molecular weight excluding hydrogens is 260 g/mol. The number of benzene rings is 1. The van der Waals surface area contributed by atoms with Gasteiger partial charge in [-0.05, 0) is 43.4 Å². The van der Waals surface area contributed by atoms with Crippen molar-refractivity contribution in [2.45, 2.75) is 51.9 Å². The van der Waals surface area contributed by atoms with Crippen molar-refractivity contribution in [1.82, 2.24) is 5.32 Å². The lowest BCUT2D eigenvalue weighted by molar-refractivity contribution is 0.0953. The van der Waals surface area contributed by atoms with E-state index in [1.165, 1.54) is 38.5 Å². The van der Waals surface area contributed by atoms with E-state index >= 15 is 0 Å². The van der Waals surface area contributed by atoms with E-state index < -0.39 is 0 Å². The first-order chi connectivity index (χ1) is 10.3. The lowest BCUT2D eigenvalue weighted by atomic mass is 10.0. The van der Waals surface area contributed by atoms with Gasteiger partial charge in [-0.2, -0.15) is 0 Å². The summed E-state index contributed by atoms with van der Waals surface area (Å²) in [6.07, 6.45) is 9.16. The Morgan fingerprint density at radius 2 is 1.95 bits per heavy atom. The van der Waals surface area contributed by atoms with Crippen molar-refractivity contribution in [3.8, 4) is 0 Å². The summed E-state index contributed by atoms with van der Waals surface area (Å²) in [5.74, 6) is 0.806. The van der Waals surface area contributed by atoms with Crippen LogP contribution in [0.2, 0.25) is 0 Å². The van der Waals surface area contributed by atoms with E-state index in [9.17, 15) is 4.79 Å². The van der Waals surface area contributed by atoms with Gasteiger partial charge in [0.1, 0.15) is 0 Å². The number of hydrogen-bond donors (Lipinski definition) is 2. The van der Waals surface area contributed by atoms with Crippen LogP contribution >= 0.6 is 0 Å². The topological polar surface area (TPSA) is 41.1 Å². The van der Waals surface area contributed by atoms with Crippen molar-refractivity contribution in [3.63, 3.8) is 0 Å². The summed E-state index contributed by atoms with van der Waals surface area (Å²) < 4.78 is 0. The van der Waals surface area contributed by atoms with Crippen LogP contribution in [0.25, 0.3) is 0 Å². The maximum absolute atomic E-state index is 12.0. The van der Waals surface area contributed by atoms with Gasteiger partial charge in [0.2, 0.25) is 0 Å². The summed E-state index contributed by atoms with van der Waals surface area (Å²) >= 11 is 0. The van der Waals surface area contributed by atoms with Gasteiger partial charge in [-0.3, -0.25) is 4.79 Å². The molecule has 116 valence electrons. The standard InChI is InChI=1S/C18H28N2O/c1-2-12-19-18(21)16-10-7-11-17(13-16)20-14-15-8-5-3-4-6-9-15/h7,10-11,13,15,20H,2-6,8-9,12,14H2,1H3,(H,19,21). The zero-order valence-corrected chi connectivity index (χ0v) is 13.2. The van der Waals surface area contributed by atoms with Crippen LogP contribution < -0.4 is 10.6 Å². The van der Waals surface area contributed by atoms with Gasteiger partial charge < -0.3 is 10.6 Å². The Morgan fingerprint density at radius 1 is 1.19 bits per heavy atom. The van der Waals surface area contributed by atoms with Crippen molar-refractivity contribution < 1.29 is 4.79 Å². The minimum absolute atomic E-state index is 0.0231. The molecule has 0 saturated heterocycles. The van der Waals surface area contributed by atoms with Gasteiger partial charge in [-0.25, -0.2) is 0 Å². The monoisotopic (exact) mass is 288 g/mol. The second kappa shape index (κ2) is 8.71. The molecule has 0 atom stereocenters. The fourth-order valence-electron chi connectivity index (χ4n) is 2.94. The highest BCUT2D eigenvalue weighted by atomic mass is 16.1. The van der Waals surface area contributed by atoms with Crippen molar-refractivity contribution in [2.75, 3.05) is 18.4 Å². The minimum Gasteiger partial charge on any atom is -0.385 e. The van der Waals surface area contributed by atoms with E-state index in [1.807, 2.05) is 24.3 Å². The highest BCUT2D eigenvalue weighted by molar-refractivity contribution is 5.95. The third-order valence-corrected chi connectivity index (χ3v) is 4.23. The zero-order chi connectivity index (χ0) is 14.9. The van der Waals surface area contributed by atoms with Gasteiger partial charge in [-0.1, -0.05) is 38.7 Å². The Balaban J connectivity index is 1.86. The Kier molecular flexibility index (Phi) is 6.58. The first-order valence-electron chi connectivity index (χ1n) is 8.41. The van der Waals surface area contributed by atoms with Crippen molar-refractivity contribution >= 4 is 11.6 Å². The van der Waals surface area contributed by atoms with E-state index in [0.717, 1.165) is 36.7 Å². The second-order valence-electron chi connectivity index (χ2n) is 6.08. The van der Waals surface area contributed by atoms with E-state index in [0.29, 0.717) is 0 Å². The lowest BCUT2D eigenvalue weighted by Crippen LogP contribution is -2.24. The molecule has 0 spiro atoms. The average Bonchev–Trinajstić information content (AvgIpc) is 2.79. The predicted molar refractivity (Wildman–Crippen MR) is 88.7 cm³/mol. The summed E-state index contributed by atoms with van der Waals surface area (Å²) in [6.45, 7) is 3.82. The smallest absolute Gasteiger partial charge is 0.251 e. The van der Waals surface area contributed by atoms with Crippen molar-refractivity contribution in [3.05, 3.63) is 29.8 Å². The van der Waals surface area contributed by atoms with Crippen LogP contribution in [0.3, 0.4) is 0 Å². The Bertz CT molecular complexity index is 437. The van der Waals surface area contributed by atoms with E-state index in [-0.39, 0.29) is 5.91 Å². The quantitative estimate of drug-likeness (QED) is 0.770. The molecule has 0 unspecified atom stereocenters. The van der Waals surface area contributed by atoms with Gasteiger partial charge in [-0.15, -0.1) is 0 Å². The summed E-state index contributed by atoms with van der Waals surface area (Å²) in [5.41, 5.74) is 1.80. The highest BCUT2D eigenvalue weighted by Gasteiger charge is 2.12. The Hall–Kier alpha value is -1.51. The van der Waals surface area contributed by atoms with Gasteiger partial charge in [0, 0.05) is 24.3 Å². The molecule has 1 aromatic rings. The first kappa shape index (κ1) is 15.9. The van der Waals surface area contributed by atoms with Crippen LogP contribution in [0.1, 0.15) is 62.2 Å². The van der Waals surface area contributed by atoms with Gasteiger partial charge in [0.15, 0.2) is 0 Å². The minimum atomic E-state index is 0.0231. The molecule has 0 aliphatic heterocycles. The Labute approximate surface area is 128 Å². The fourth-order valence-corrected chi connectivity index (χ4v) is 2.94. The number of rotatable bonds is 6. The summed E-state index contributed by atoms with van der Waals surface area (Å²) in [5, 5.41) is 6.44. The van der Waals surface area contributed by atoms with Gasteiger partial charge in [0.25, 0.3) is 5.91 Å². The SMILES string of the molecule is CCCNC(=O)c1cccc(NCC2CCCCCC2)c1. The van der Waals surface area contributed by atoms with Gasteiger partial charge in [0.05, 0.1) is 0 Å². The molecule has 0 bridgehead atoms. The van der Waals surface area contributed by atoms with Crippen LogP contribution in [0, 0.1) is 5.92 Å². The molecule has 21 heavy (non-hydrogen) atoms. The number of carbonyl (C=O) groups is 1. The molecule has 2 N–H and O–H groups in total. The van der Waals surface area contributed by atoms with Crippen LogP contribution in [-0.2, 0) is 0 Å².